The van der Waals surface area contributed by atoms with Crippen LogP contribution in [0.25, 0.3) is 10.9 Å². The van der Waals surface area contributed by atoms with Crippen molar-refractivity contribution < 1.29 is 32.6 Å². The number of carbonyl (C=O) groups excluding carboxylic acids is 2. The quantitative estimate of drug-likeness (QED) is 0.0457. The van der Waals surface area contributed by atoms with E-state index in [1.54, 1.807) is 38.4 Å². The van der Waals surface area contributed by atoms with Crippen LogP contribution >= 0.6 is 22.6 Å². The van der Waals surface area contributed by atoms with Crippen LogP contribution in [0.3, 0.4) is 0 Å². The van der Waals surface area contributed by atoms with Crippen LogP contribution in [-0.4, -0.2) is 53.1 Å². The molecule has 0 unspecified atom stereocenters. The Morgan fingerprint density at radius 1 is 0.978 bits per heavy atom. The summed E-state index contributed by atoms with van der Waals surface area (Å²) in [6.45, 7) is 6.33. The molecule has 3 aromatic carbocycles. The van der Waals surface area contributed by atoms with Crippen molar-refractivity contribution in [2.24, 2.45) is 11.3 Å². The van der Waals surface area contributed by atoms with Crippen LogP contribution < -0.4 is 24.8 Å². The topological polar surface area (TPSA) is 102 Å². The molecular formula is C34H35F2IN4O5. The van der Waals surface area contributed by atoms with Gasteiger partial charge >= 0.3 is 0 Å². The number of fused-ring (bicyclic) bond motifs is 1. The maximum absolute atomic E-state index is 15.3. The molecular weight excluding hydrogens is 709 g/mol. The van der Waals surface area contributed by atoms with Crippen LogP contribution in [0.1, 0.15) is 26.7 Å². The van der Waals surface area contributed by atoms with Gasteiger partial charge in [-0.3, -0.25) is 19.5 Å². The van der Waals surface area contributed by atoms with Crippen LogP contribution in [0.5, 0.6) is 23.0 Å². The Hall–Kier alpha value is -4.04. The SMILES string of the molecule is CCN(CI)CCCOc1cc2nccc(Oc3ccc(NC(=O)[C@]4(C(=O)Nc5ccc(F)cc5)C[C@@H]4C)cc3F)c2cc1OC. The smallest absolute Gasteiger partial charge is 0.240 e. The zero-order valence-electron chi connectivity index (χ0n) is 25.7. The molecule has 1 aliphatic rings. The minimum atomic E-state index is -1.32. The number of carbonyl (C=O) groups is 2. The van der Waals surface area contributed by atoms with E-state index in [1.807, 2.05) is 0 Å². The fourth-order valence-corrected chi connectivity index (χ4v) is 6.04. The van der Waals surface area contributed by atoms with E-state index in [4.69, 9.17) is 14.2 Å². The van der Waals surface area contributed by atoms with Crippen LogP contribution in [0.2, 0.25) is 0 Å². The Balaban J connectivity index is 1.27. The van der Waals surface area contributed by atoms with Crippen molar-refractivity contribution in [1.82, 2.24) is 9.88 Å². The summed E-state index contributed by atoms with van der Waals surface area (Å²) in [7, 11) is 1.55. The summed E-state index contributed by atoms with van der Waals surface area (Å²) in [6, 6.07) is 14.5. The Kier molecular flexibility index (Phi) is 10.6. The number of amides is 2. The Labute approximate surface area is 279 Å². The molecule has 9 nitrogen and oxygen atoms in total. The van der Waals surface area contributed by atoms with Crippen molar-refractivity contribution in [2.45, 2.75) is 26.7 Å². The zero-order valence-corrected chi connectivity index (χ0v) is 27.9. The van der Waals surface area contributed by atoms with Crippen molar-refractivity contribution in [3.8, 4) is 23.0 Å². The normalized spacial score (nSPS) is 17.1. The highest BCUT2D eigenvalue weighted by Gasteiger charge is 2.63. The number of halogens is 3. The fourth-order valence-electron chi connectivity index (χ4n) is 5.22. The molecule has 0 radical (unpaired) electrons. The number of rotatable bonds is 14. The first-order chi connectivity index (χ1) is 22.2. The van der Waals surface area contributed by atoms with Crippen LogP contribution in [-0.2, 0) is 9.59 Å². The second-order valence-electron chi connectivity index (χ2n) is 11.1. The minimum Gasteiger partial charge on any atom is -0.493 e. The Morgan fingerprint density at radius 3 is 2.30 bits per heavy atom. The number of hydrogen-bond donors (Lipinski definition) is 2. The summed E-state index contributed by atoms with van der Waals surface area (Å²) >= 11 is 2.35. The first-order valence-electron chi connectivity index (χ1n) is 14.9. The summed E-state index contributed by atoms with van der Waals surface area (Å²) in [6.07, 6.45) is 2.75. The molecule has 1 aromatic heterocycles. The van der Waals surface area contributed by atoms with Crippen molar-refractivity contribution >= 4 is 56.7 Å². The molecule has 242 valence electrons. The molecule has 2 atom stereocenters. The molecule has 5 rings (SSSR count). The first-order valence-corrected chi connectivity index (χ1v) is 16.4. The molecule has 0 saturated heterocycles. The highest BCUT2D eigenvalue weighted by atomic mass is 127. The lowest BCUT2D eigenvalue weighted by Gasteiger charge is -2.18. The van der Waals surface area contributed by atoms with Gasteiger partial charge in [0.25, 0.3) is 0 Å². The third kappa shape index (κ3) is 7.33. The van der Waals surface area contributed by atoms with Gasteiger partial charge in [-0.1, -0.05) is 36.4 Å². The number of aromatic nitrogens is 1. The van der Waals surface area contributed by atoms with E-state index in [1.165, 1.54) is 36.4 Å². The maximum atomic E-state index is 15.3. The highest BCUT2D eigenvalue weighted by Crippen LogP contribution is 2.53. The number of nitrogens with zero attached hydrogens (tertiary/aromatic N) is 2. The number of nitrogens with one attached hydrogen (secondary N) is 2. The number of methoxy groups -OCH3 is 1. The number of anilines is 2. The summed E-state index contributed by atoms with van der Waals surface area (Å²) in [5.41, 5.74) is -0.182. The van der Waals surface area contributed by atoms with Crippen molar-refractivity contribution in [3.63, 3.8) is 0 Å². The Morgan fingerprint density at radius 2 is 1.67 bits per heavy atom. The first kappa shape index (κ1) is 33.3. The number of benzene rings is 3. The molecule has 1 heterocycles. The number of ether oxygens (including phenoxy) is 3. The lowest BCUT2D eigenvalue weighted by molar-refractivity contribution is -0.131. The molecule has 46 heavy (non-hydrogen) atoms. The fraction of sp³-hybridized carbons (Fsp3) is 0.324. The minimum absolute atomic E-state index is 0.0657. The second-order valence-corrected chi connectivity index (χ2v) is 11.8. The average molecular weight is 745 g/mol. The molecule has 2 amide bonds. The number of pyridine rings is 1. The van der Waals surface area contributed by atoms with Gasteiger partial charge in [0.05, 0.1) is 23.8 Å². The van der Waals surface area contributed by atoms with Crippen molar-refractivity contribution in [3.05, 3.63) is 78.5 Å². The average Bonchev–Trinajstić information content (AvgIpc) is 3.75. The monoisotopic (exact) mass is 744 g/mol. The van der Waals surface area contributed by atoms with Gasteiger partial charge in [0.2, 0.25) is 11.8 Å². The van der Waals surface area contributed by atoms with Gasteiger partial charge < -0.3 is 24.8 Å². The van der Waals surface area contributed by atoms with Gasteiger partial charge in [0.1, 0.15) is 17.0 Å². The zero-order chi connectivity index (χ0) is 32.8. The molecule has 1 fully saturated rings. The van der Waals surface area contributed by atoms with Crippen molar-refractivity contribution in [2.75, 3.05) is 42.0 Å². The number of hydrogen-bond acceptors (Lipinski definition) is 7. The predicted octanol–water partition coefficient (Wildman–Crippen LogP) is 7.40. The molecule has 1 aliphatic carbocycles. The third-order valence-electron chi connectivity index (χ3n) is 8.11. The van der Waals surface area contributed by atoms with Crippen molar-refractivity contribution in [1.29, 1.82) is 0 Å². The maximum Gasteiger partial charge on any atom is 0.240 e. The molecule has 2 N–H and O–H groups in total. The van der Waals surface area contributed by atoms with E-state index in [0.29, 0.717) is 46.9 Å². The second kappa shape index (κ2) is 14.6. The lowest BCUT2D eigenvalue weighted by Crippen LogP contribution is -2.37. The van der Waals surface area contributed by atoms with Crippen LogP contribution in [0.4, 0.5) is 20.2 Å². The van der Waals surface area contributed by atoms with Gasteiger partial charge in [-0.25, -0.2) is 8.78 Å². The van der Waals surface area contributed by atoms with E-state index in [0.717, 1.165) is 30.1 Å². The molecule has 0 aliphatic heterocycles. The van der Waals surface area contributed by atoms with Gasteiger partial charge in [-0.15, -0.1) is 0 Å². The third-order valence-corrected chi connectivity index (χ3v) is 9.08. The number of alkyl halides is 1. The highest BCUT2D eigenvalue weighted by molar-refractivity contribution is 14.1. The summed E-state index contributed by atoms with van der Waals surface area (Å²) in [5.74, 6) is -1.09. The van der Waals surface area contributed by atoms with E-state index in [-0.39, 0.29) is 17.4 Å². The predicted molar refractivity (Wildman–Crippen MR) is 181 cm³/mol. The summed E-state index contributed by atoms with van der Waals surface area (Å²) in [4.78, 5) is 33.0. The van der Waals surface area contributed by atoms with Gasteiger partial charge in [0.15, 0.2) is 23.1 Å². The molecule has 1 saturated carbocycles. The standard InChI is InChI=1S/C34H35F2IN4O5/c1-4-41(20-37)14-5-15-45-31-18-27-25(17-30(31)44-3)28(12-13-38-27)46-29-11-10-24(16-26(29)36)40-33(43)34(19-21(34)2)32(42)39-23-8-6-22(35)7-9-23/h6-13,16-18,21H,4-5,14-15,19-20H2,1-3H3,(H,39,42)(H,40,43)/t21-,34+/m0/s1. The van der Waals surface area contributed by atoms with Gasteiger partial charge in [-0.05, 0) is 73.8 Å². The molecule has 0 spiro atoms. The van der Waals surface area contributed by atoms with E-state index < -0.39 is 28.9 Å². The van der Waals surface area contributed by atoms with Crippen LogP contribution in [0.15, 0.2) is 66.9 Å². The lowest BCUT2D eigenvalue weighted by atomic mass is 10.0. The molecule has 0 bridgehead atoms. The van der Waals surface area contributed by atoms with Gasteiger partial charge in [-0.2, -0.15) is 0 Å². The van der Waals surface area contributed by atoms with E-state index in [2.05, 4.69) is 50.0 Å². The summed E-state index contributed by atoms with van der Waals surface area (Å²) in [5, 5.41) is 5.95. The Bertz CT molecular complexity index is 1720. The molecule has 4 aromatic rings. The summed E-state index contributed by atoms with van der Waals surface area (Å²) < 4.78 is 47.0. The largest absolute Gasteiger partial charge is 0.493 e. The van der Waals surface area contributed by atoms with E-state index >= 15 is 4.39 Å². The van der Waals surface area contributed by atoms with E-state index in [9.17, 15) is 14.0 Å². The van der Waals surface area contributed by atoms with Gasteiger partial charge in [0, 0.05) is 41.6 Å². The van der Waals surface area contributed by atoms with Crippen LogP contribution in [0, 0.1) is 23.0 Å². The molecule has 12 heteroatoms.